The zero-order chi connectivity index (χ0) is 16.4. The van der Waals surface area contributed by atoms with Gasteiger partial charge in [0.1, 0.15) is 6.04 Å². The van der Waals surface area contributed by atoms with Crippen LogP contribution in [0.5, 0.6) is 0 Å². The van der Waals surface area contributed by atoms with E-state index in [9.17, 15) is 9.59 Å². The highest BCUT2D eigenvalue weighted by molar-refractivity contribution is 7.98. The summed E-state index contributed by atoms with van der Waals surface area (Å²) < 4.78 is 0. The summed E-state index contributed by atoms with van der Waals surface area (Å²) in [4.78, 5) is 24.4. The zero-order valence-electron chi connectivity index (χ0n) is 13.2. The minimum Gasteiger partial charge on any atom is -0.354 e. The molecule has 0 aliphatic carbocycles. The lowest BCUT2D eigenvalue weighted by atomic mass is 10.1. The van der Waals surface area contributed by atoms with Gasteiger partial charge >= 0.3 is 0 Å². The molecule has 0 fully saturated rings. The van der Waals surface area contributed by atoms with Crippen molar-refractivity contribution in [3.05, 3.63) is 35.9 Å². The first-order valence-corrected chi connectivity index (χ1v) is 8.82. The lowest BCUT2D eigenvalue weighted by Gasteiger charge is -2.18. The Hall–Kier alpha value is -1.53. The van der Waals surface area contributed by atoms with Crippen molar-refractivity contribution in [3.8, 4) is 0 Å². The lowest BCUT2D eigenvalue weighted by Crippen LogP contribution is -2.47. The minimum absolute atomic E-state index is 0.0452. The van der Waals surface area contributed by atoms with Crippen molar-refractivity contribution in [2.75, 3.05) is 18.6 Å². The molecule has 0 saturated carbocycles. The average molecular weight is 323 g/mol. The molecule has 6 heteroatoms. The smallest absolute Gasteiger partial charge is 0.251 e. The first-order valence-electron chi connectivity index (χ1n) is 7.42. The molecule has 4 N–H and O–H groups in total. The average Bonchev–Trinajstić information content (AvgIpc) is 2.51. The minimum atomic E-state index is -0.520. The van der Waals surface area contributed by atoms with Gasteiger partial charge in [-0.1, -0.05) is 18.2 Å². The van der Waals surface area contributed by atoms with Crippen LogP contribution in [-0.2, 0) is 4.79 Å². The van der Waals surface area contributed by atoms with Crippen molar-refractivity contribution >= 4 is 23.6 Å². The molecule has 1 aromatic carbocycles. The van der Waals surface area contributed by atoms with E-state index in [4.69, 9.17) is 5.73 Å². The second-order valence-corrected chi connectivity index (χ2v) is 6.22. The number of thioether (sulfide) groups is 1. The highest BCUT2D eigenvalue weighted by Gasteiger charge is 2.20. The lowest BCUT2D eigenvalue weighted by molar-refractivity contribution is -0.123. The van der Waals surface area contributed by atoms with Gasteiger partial charge in [0, 0.05) is 18.2 Å². The van der Waals surface area contributed by atoms with Gasteiger partial charge in [0.2, 0.25) is 5.91 Å². The summed E-state index contributed by atoms with van der Waals surface area (Å²) in [7, 11) is 0. The van der Waals surface area contributed by atoms with Gasteiger partial charge in [0.25, 0.3) is 5.91 Å². The van der Waals surface area contributed by atoms with Gasteiger partial charge < -0.3 is 16.4 Å². The number of carbonyl (C=O) groups excluding carboxylic acids is 2. The molecule has 2 amide bonds. The van der Waals surface area contributed by atoms with Crippen LogP contribution >= 0.6 is 11.8 Å². The number of hydrogen-bond donors (Lipinski definition) is 3. The molecule has 2 atom stereocenters. The van der Waals surface area contributed by atoms with Crippen molar-refractivity contribution in [2.45, 2.75) is 31.8 Å². The van der Waals surface area contributed by atoms with Crippen LogP contribution in [0.2, 0.25) is 0 Å². The van der Waals surface area contributed by atoms with Gasteiger partial charge in [-0.05, 0) is 43.9 Å². The van der Waals surface area contributed by atoms with E-state index in [2.05, 4.69) is 10.6 Å². The van der Waals surface area contributed by atoms with E-state index in [1.165, 1.54) is 0 Å². The number of amides is 2. The van der Waals surface area contributed by atoms with Crippen LogP contribution in [0.1, 0.15) is 30.1 Å². The Balaban J connectivity index is 2.59. The van der Waals surface area contributed by atoms with Gasteiger partial charge in [-0.2, -0.15) is 11.8 Å². The van der Waals surface area contributed by atoms with Crippen LogP contribution in [0.4, 0.5) is 0 Å². The van der Waals surface area contributed by atoms with E-state index in [1.807, 2.05) is 19.2 Å². The second-order valence-electron chi connectivity index (χ2n) is 5.23. The Morgan fingerprint density at radius 2 is 1.91 bits per heavy atom. The summed E-state index contributed by atoms with van der Waals surface area (Å²) in [6.07, 6.45) is 3.29. The molecule has 1 aromatic rings. The van der Waals surface area contributed by atoms with Crippen LogP contribution in [-0.4, -0.2) is 42.5 Å². The van der Waals surface area contributed by atoms with E-state index in [1.54, 1.807) is 36.0 Å². The Labute approximate surface area is 136 Å². The fourth-order valence-electron chi connectivity index (χ4n) is 1.88. The molecule has 1 rings (SSSR count). The third kappa shape index (κ3) is 6.95. The van der Waals surface area contributed by atoms with E-state index in [-0.39, 0.29) is 17.9 Å². The second kappa shape index (κ2) is 10.2. The molecule has 0 aromatic heterocycles. The molecular weight excluding hydrogens is 298 g/mol. The number of hydrogen-bond acceptors (Lipinski definition) is 4. The van der Waals surface area contributed by atoms with Crippen molar-refractivity contribution in [1.29, 1.82) is 0 Å². The molecular formula is C16H25N3O2S. The summed E-state index contributed by atoms with van der Waals surface area (Å²) in [6.45, 7) is 2.42. The van der Waals surface area contributed by atoms with Crippen molar-refractivity contribution < 1.29 is 9.59 Å². The number of nitrogens with two attached hydrogens (primary N) is 1. The van der Waals surface area contributed by atoms with Crippen molar-refractivity contribution in [3.63, 3.8) is 0 Å². The number of carbonyl (C=O) groups is 2. The highest BCUT2D eigenvalue weighted by Crippen LogP contribution is 2.04. The number of benzene rings is 1. The summed E-state index contributed by atoms with van der Waals surface area (Å²) in [6, 6.07) is 8.44. The summed E-state index contributed by atoms with van der Waals surface area (Å²) in [5, 5.41) is 5.65. The molecule has 122 valence electrons. The maximum atomic E-state index is 12.2. The summed E-state index contributed by atoms with van der Waals surface area (Å²) >= 11 is 1.65. The molecule has 0 aliphatic rings. The normalized spacial score (nSPS) is 13.2. The standard InChI is InChI=1S/C16H25N3O2S/c1-12(17)8-10-18-16(21)14(9-11-22-2)19-15(20)13-6-4-3-5-7-13/h3-7,12,14H,8-11,17H2,1-2H3,(H,18,21)(H,19,20). The van der Waals surface area contributed by atoms with Crippen molar-refractivity contribution in [2.24, 2.45) is 5.73 Å². The zero-order valence-corrected chi connectivity index (χ0v) is 14.0. The fraction of sp³-hybridized carbons (Fsp3) is 0.500. The Kier molecular flexibility index (Phi) is 8.62. The summed E-state index contributed by atoms with van der Waals surface area (Å²) in [5.41, 5.74) is 6.22. The van der Waals surface area contributed by atoms with Gasteiger partial charge in [-0.15, -0.1) is 0 Å². The molecule has 0 radical (unpaired) electrons. The van der Waals surface area contributed by atoms with E-state index in [0.29, 0.717) is 24.9 Å². The summed E-state index contributed by atoms with van der Waals surface area (Å²) in [5.74, 6) is 0.425. The van der Waals surface area contributed by atoms with Crippen LogP contribution in [0.3, 0.4) is 0 Å². The Morgan fingerprint density at radius 1 is 1.23 bits per heavy atom. The topological polar surface area (TPSA) is 84.2 Å². The van der Waals surface area contributed by atoms with E-state index >= 15 is 0 Å². The maximum Gasteiger partial charge on any atom is 0.251 e. The first-order chi connectivity index (χ1) is 10.5. The van der Waals surface area contributed by atoms with Crippen LogP contribution in [0.15, 0.2) is 30.3 Å². The van der Waals surface area contributed by atoms with Crippen LogP contribution in [0.25, 0.3) is 0 Å². The van der Waals surface area contributed by atoms with Crippen LogP contribution < -0.4 is 16.4 Å². The molecule has 0 bridgehead atoms. The Morgan fingerprint density at radius 3 is 2.50 bits per heavy atom. The maximum absolute atomic E-state index is 12.2. The third-order valence-electron chi connectivity index (χ3n) is 3.17. The van der Waals surface area contributed by atoms with Crippen molar-refractivity contribution in [1.82, 2.24) is 10.6 Å². The van der Waals surface area contributed by atoms with E-state index < -0.39 is 6.04 Å². The SMILES string of the molecule is CSCCC(NC(=O)c1ccccc1)C(=O)NCCC(C)N. The molecule has 22 heavy (non-hydrogen) atoms. The largest absolute Gasteiger partial charge is 0.354 e. The molecule has 5 nitrogen and oxygen atoms in total. The molecule has 0 heterocycles. The Bertz CT molecular complexity index is 466. The molecule has 0 aliphatic heterocycles. The van der Waals surface area contributed by atoms with Gasteiger partial charge in [0.05, 0.1) is 0 Å². The van der Waals surface area contributed by atoms with Gasteiger partial charge in [-0.25, -0.2) is 0 Å². The predicted octanol–water partition coefficient (Wildman–Crippen LogP) is 1.39. The predicted molar refractivity (Wildman–Crippen MR) is 92.0 cm³/mol. The van der Waals surface area contributed by atoms with Gasteiger partial charge in [-0.3, -0.25) is 9.59 Å². The number of rotatable bonds is 9. The van der Waals surface area contributed by atoms with Crippen LogP contribution in [0, 0.1) is 0 Å². The number of nitrogens with one attached hydrogen (secondary N) is 2. The quantitative estimate of drug-likeness (QED) is 0.641. The first kappa shape index (κ1) is 18.5. The van der Waals surface area contributed by atoms with Gasteiger partial charge in [0.15, 0.2) is 0 Å². The highest BCUT2D eigenvalue weighted by atomic mass is 32.2. The molecule has 0 saturated heterocycles. The van der Waals surface area contributed by atoms with E-state index in [0.717, 1.165) is 5.75 Å². The fourth-order valence-corrected chi connectivity index (χ4v) is 2.35. The molecule has 0 spiro atoms. The molecule has 2 unspecified atom stereocenters. The monoisotopic (exact) mass is 323 g/mol. The third-order valence-corrected chi connectivity index (χ3v) is 3.81.